The monoisotopic (exact) mass is 262 g/mol. The molecule has 0 bridgehead atoms. The van der Waals surface area contributed by atoms with Crippen LogP contribution in [0, 0.1) is 5.92 Å². The standard InChI is InChI=1S/C13H18N4O2/c1-2-5-14-11-8-12(16-9-15-11)17-6-3-10(4-7-17)13(18)19/h2,8-10H,1,3-7H2,(H,18,19)(H,14,15,16). The van der Waals surface area contributed by atoms with Gasteiger partial charge in [0.15, 0.2) is 0 Å². The number of carboxylic acid groups (broad SMARTS) is 1. The van der Waals surface area contributed by atoms with E-state index in [9.17, 15) is 4.79 Å². The summed E-state index contributed by atoms with van der Waals surface area (Å²) in [5.74, 6) is 0.669. The van der Waals surface area contributed by atoms with E-state index in [-0.39, 0.29) is 5.92 Å². The summed E-state index contributed by atoms with van der Waals surface area (Å²) in [4.78, 5) is 21.4. The SMILES string of the molecule is C=CCNc1cc(N2CCC(C(=O)O)CC2)ncn1. The molecule has 6 heteroatoms. The van der Waals surface area contributed by atoms with Crippen LogP contribution in [0.1, 0.15) is 12.8 Å². The Hall–Kier alpha value is -2.11. The number of piperidine rings is 1. The number of aliphatic carboxylic acids is 1. The molecule has 2 rings (SSSR count). The number of carboxylic acids is 1. The predicted molar refractivity (Wildman–Crippen MR) is 73.3 cm³/mol. The van der Waals surface area contributed by atoms with Crippen LogP contribution in [0.3, 0.4) is 0 Å². The summed E-state index contributed by atoms with van der Waals surface area (Å²) >= 11 is 0. The molecule has 0 atom stereocenters. The lowest BCUT2D eigenvalue weighted by Gasteiger charge is -2.31. The van der Waals surface area contributed by atoms with Gasteiger partial charge in [-0.2, -0.15) is 0 Å². The highest BCUT2D eigenvalue weighted by atomic mass is 16.4. The molecule has 0 spiro atoms. The largest absolute Gasteiger partial charge is 0.481 e. The molecular formula is C13H18N4O2. The molecule has 0 aliphatic carbocycles. The van der Waals surface area contributed by atoms with E-state index in [0.29, 0.717) is 19.4 Å². The van der Waals surface area contributed by atoms with Crippen molar-refractivity contribution in [3.63, 3.8) is 0 Å². The van der Waals surface area contributed by atoms with E-state index in [1.165, 1.54) is 6.33 Å². The zero-order valence-electron chi connectivity index (χ0n) is 10.7. The van der Waals surface area contributed by atoms with Gasteiger partial charge in [-0.05, 0) is 12.8 Å². The quantitative estimate of drug-likeness (QED) is 0.780. The zero-order chi connectivity index (χ0) is 13.7. The molecule has 1 aromatic rings. The summed E-state index contributed by atoms with van der Waals surface area (Å²) in [7, 11) is 0. The number of anilines is 2. The van der Waals surface area contributed by atoms with Gasteiger partial charge in [0.1, 0.15) is 18.0 Å². The van der Waals surface area contributed by atoms with Crippen molar-refractivity contribution in [1.29, 1.82) is 0 Å². The van der Waals surface area contributed by atoms with Gasteiger partial charge in [0.05, 0.1) is 5.92 Å². The van der Waals surface area contributed by atoms with Crippen molar-refractivity contribution >= 4 is 17.6 Å². The smallest absolute Gasteiger partial charge is 0.306 e. The molecule has 19 heavy (non-hydrogen) atoms. The van der Waals surface area contributed by atoms with Crippen LogP contribution in [0.4, 0.5) is 11.6 Å². The van der Waals surface area contributed by atoms with Gasteiger partial charge in [-0.15, -0.1) is 6.58 Å². The molecule has 6 nitrogen and oxygen atoms in total. The number of nitrogens with zero attached hydrogens (tertiary/aromatic N) is 3. The van der Waals surface area contributed by atoms with Crippen molar-refractivity contribution in [3.05, 3.63) is 25.0 Å². The van der Waals surface area contributed by atoms with Crippen molar-refractivity contribution in [2.75, 3.05) is 29.9 Å². The molecule has 1 saturated heterocycles. The summed E-state index contributed by atoms with van der Waals surface area (Å²) in [6, 6.07) is 1.88. The van der Waals surface area contributed by atoms with Crippen LogP contribution in [-0.4, -0.2) is 40.7 Å². The first-order valence-electron chi connectivity index (χ1n) is 6.35. The maximum absolute atomic E-state index is 10.9. The van der Waals surface area contributed by atoms with E-state index in [1.807, 2.05) is 6.07 Å². The molecular weight excluding hydrogens is 244 g/mol. The first-order chi connectivity index (χ1) is 9.20. The fourth-order valence-electron chi connectivity index (χ4n) is 2.15. The summed E-state index contributed by atoms with van der Waals surface area (Å²) in [6.45, 7) is 5.73. The van der Waals surface area contributed by atoms with E-state index < -0.39 is 5.97 Å². The second-order valence-electron chi connectivity index (χ2n) is 4.53. The van der Waals surface area contributed by atoms with Crippen LogP contribution in [0.2, 0.25) is 0 Å². The first-order valence-corrected chi connectivity index (χ1v) is 6.35. The Morgan fingerprint density at radius 1 is 1.53 bits per heavy atom. The third-order valence-corrected chi connectivity index (χ3v) is 3.25. The Morgan fingerprint density at radius 2 is 2.26 bits per heavy atom. The fourth-order valence-corrected chi connectivity index (χ4v) is 2.15. The highest BCUT2D eigenvalue weighted by molar-refractivity contribution is 5.70. The Balaban J connectivity index is 1.99. The van der Waals surface area contributed by atoms with Crippen LogP contribution in [0.5, 0.6) is 0 Å². The van der Waals surface area contributed by atoms with Gasteiger partial charge in [-0.25, -0.2) is 9.97 Å². The summed E-state index contributed by atoms with van der Waals surface area (Å²) in [5.41, 5.74) is 0. The lowest BCUT2D eigenvalue weighted by molar-refractivity contribution is -0.142. The van der Waals surface area contributed by atoms with Gasteiger partial charge in [0.2, 0.25) is 0 Å². The van der Waals surface area contributed by atoms with E-state index in [4.69, 9.17) is 5.11 Å². The van der Waals surface area contributed by atoms with Crippen molar-refractivity contribution in [2.24, 2.45) is 5.92 Å². The number of rotatable bonds is 5. The van der Waals surface area contributed by atoms with Crippen LogP contribution in [0.15, 0.2) is 25.0 Å². The molecule has 0 amide bonds. The van der Waals surface area contributed by atoms with Gasteiger partial charge in [-0.3, -0.25) is 4.79 Å². The second kappa shape index (κ2) is 6.17. The third-order valence-electron chi connectivity index (χ3n) is 3.25. The lowest BCUT2D eigenvalue weighted by atomic mass is 9.97. The predicted octanol–water partition coefficient (Wildman–Crippen LogP) is 1.38. The van der Waals surface area contributed by atoms with E-state index in [2.05, 4.69) is 26.8 Å². The molecule has 0 unspecified atom stereocenters. The molecule has 1 aliphatic rings. The third kappa shape index (κ3) is 3.43. The van der Waals surface area contributed by atoms with Crippen LogP contribution in [-0.2, 0) is 4.79 Å². The van der Waals surface area contributed by atoms with Gasteiger partial charge >= 0.3 is 5.97 Å². The average Bonchev–Trinajstić information content (AvgIpc) is 2.45. The summed E-state index contributed by atoms with van der Waals surface area (Å²) in [6.07, 6.45) is 4.60. The molecule has 1 aliphatic heterocycles. The van der Waals surface area contributed by atoms with Gasteiger partial charge in [-0.1, -0.05) is 6.08 Å². The molecule has 0 aromatic carbocycles. The minimum atomic E-state index is -0.698. The second-order valence-corrected chi connectivity index (χ2v) is 4.53. The van der Waals surface area contributed by atoms with E-state index in [1.54, 1.807) is 6.08 Å². The fraction of sp³-hybridized carbons (Fsp3) is 0.462. The van der Waals surface area contributed by atoms with E-state index in [0.717, 1.165) is 24.7 Å². The van der Waals surface area contributed by atoms with Crippen molar-refractivity contribution in [1.82, 2.24) is 9.97 Å². The number of hydrogen-bond acceptors (Lipinski definition) is 5. The summed E-state index contributed by atoms with van der Waals surface area (Å²) in [5, 5.41) is 12.1. The number of carbonyl (C=O) groups is 1. The zero-order valence-corrected chi connectivity index (χ0v) is 10.7. The van der Waals surface area contributed by atoms with Gasteiger partial charge in [0.25, 0.3) is 0 Å². The minimum Gasteiger partial charge on any atom is -0.481 e. The molecule has 0 saturated carbocycles. The normalized spacial score (nSPS) is 16.1. The Bertz CT molecular complexity index is 456. The topological polar surface area (TPSA) is 78.4 Å². The highest BCUT2D eigenvalue weighted by Gasteiger charge is 2.25. The number of nitrogens with one attached hydrogen (secondary N) is 1. The first kappa shape index (κ1) is 13.3. The Kier molecular flexibility index (Phi) is 4.33. The highest BCUT2D eigenvalue weighted by Crippen LogP contribution is 2.22. The van der Waals surface area contributed by atoms with Crippen molar-refractivity contribution in [3.8, 4) is 0 Å². The molecule has 0 radical (unpaired) electrons. The summed E-state index contributed by atoms with van der Waals surface area (Å²) < 4.78 is 0. The van der Waals surface area contributed by atoms with Crippen LogP contribution >= 0.6 is 0 Å². The Morgan fingerprint density at radius 3 is 2.89 bits per heavy atom. The number of hydrogen-bond donors (Lipinski definition) is 2. The van der Waals surface area contributed by atoms with Crippen LogP contribution < -0.4 is 10.2 Å². The molecule has 1 fully saturated rings. The maximum Gasteiger partial charge on any atom is 0.306 e. The average molecular weight is 262 g/mol. The van der Waals surface area contributed by atoms with Gasteiger partial charge < -0.3 is 15.3 Å². The molecule has 2 heterocycles. The number of aromatic nitrogens is 2. The maximum atomic E-state index is 10.9. The van der Waals surface area contributed by atoms with E-state index >= 15 is 0 Å². The minimum absolute atomic E-state index is 0.226. The van der Waals surface area contributed by atoms with Crippen LogP contribution in [0.25, 0.3) is 0 Å². The van der Waals surface area contributed by atoms with Crippen molar-refractivity contribution in [2.45, 2.75) is 12.8 Å². The Labute approximate surface area is 112 Å². The molecule has 1 aromatic heterocycles. The lowest BCUT2D eigenvalue weighted by Crippen LogP contribution is -2.36. The molecule has 2 N–H and O–H groups in total. The van der Waals surface area contributed by atoms with Crippen molar-refractivity contribution < 1.29 is 9.90 Å². The van der Waals surface area contributed by atoms with Gasteiger partial charge in [0, 0.05) is 25.7 Å². The molecule has 102 valence electrons.